The van der Waals surface area contributed by atoms with Crippen LogP contribution in [-0.2, 0) is 11.2 Å². The van der Waals surface area contributed by atoms with Gasteiger partial charge in [0.15, 0.2) is 11.6 Å². The van der Waals surface area contributed by atoms with Gasteiger partial charge in [0.05, 0.1) is 5.69 Å². The topological polar surface area (TPSA) is 92.9 Å². The summed E-state index contributed by atoms with van der Waals surface area (Å²) in [5, 5.41) is 16.7. The van der Waals surface area contributed by atoms with Crippen LogP contribution in [0.25, 0.3) is 5.95 Å². The van der Waals surface area contributed by atoms with Gasteiger partial charge in [-0.25, -0.2) is 23.2 Å². The number of rotatable bonds is 6. The Morgan fingerprint density at radius 1 is 1.11 bits per heavy atom. The highest BCUT2D eigenvalue weighted by molar-refractivity contribution is 5.77. The molecule has 0 aliphatic rings. The van der Waals surface area contributed by atoms with Crippen molar-refractivity contribution in [1.29, 1.82) is 0 Å². The van der Waals surface area contributed by atoms with E-state index in [9.17, 15) is 18.7 Å². The lowest BCUT2D eigenvalue weighted by Gasteiger charge is -2.16. The van der Waals surface area contributed by atoms with Gasteiger partial charge in [0.25, 0.3) is 5.95 Å². The molecule has 28 heavy (non-hydrogen) atoms. The Morgan fingerprint density at radius 3 is 2.46 bits per heavy atom. The number of carbonyl (C=O) groups is 1. The molecule has 0 spiro atoms. The van der Waals surface area contributed by atoms with E-state index in [-0.39, 0.29) is 6.42 Å². The fourth-order valence-electron chi connectivity index (χ4n) is 2.83. The monoisotopic (exact) mass is 387 g/mol. The quantitative estimate of drug-likeness (QED) is 0.676. The summed E-state index contributed by atoms with van der Waals surface area (Å²) < 4.78 is 28.1. The van der Waals surface area contributed by atoms with Crippen LogP contribution in [0.1, 0.15) is 22.6 Å². The van der Waals surface area contributed by atoms with Crippen LogP contribution >= 0.6 is 0 Å². The van der Waals surface area contributed by atoms with Gasteiger partial charge in [-0.3, -0.25) is 0 Å². The second-order valence-corrected chi connectivity index (χ2v) is 6.52. The number of anilines is 1. The molecule has 3 aromatic rings. The van der Waals surface area contributed by atoms with Gasteiger partial charge in [0, 0.05) is 23.9 Å². The summed E-state index contributed by atoms with van der Waals surface area (Å²) in [5.74, 6) is -2.54. The first-order valence-electron chi connectivity index (χ1n) is 8.55. The fraction of sp³-hybridized carbons (Fsp3) is 0.263. The molecule has 0 saturated heterocycles. The van der Waals surface area contributed by atoms with E-state index in [0.717, 1.165) is 23.5 Å². The van der Waals surface area contributed by atoms with Gasteiger partial charge >= 0.3 is 5.97 Å². The van der Waals surface area contributed by atoms with Crippen molar-refractivity contribution >= 4 is 11.8 Å². The molecule has 3 rings (SSSR count). The maximum atomic E-state index is 13.4. The Labute approximate surface area is 160 Å². The number of benzene rings is 1. The molecule has 0 aliphatic heterocycles. The first kappa shape index (κ1) is 19.4. The van der Waals surface area contributed by atoms with Crippen LogP contribution in [0.3, 0.4) is 0 Å². The Hall–Kier alpha value is -3.36. The molecule has 7 nitrogen and oxygen atoms in total. The van der Waals surface area contributed by atoms with E-state index in [1.165, 1.54) is 6.07 Å². The largest absolute Gasteiger partial charge is 0.480 e. The number of aromatic nitrogens is 4. The predicted octanol–water partition coefficient (Wildman–Crippen LogP) is 2.97. The minimum atomic E-state index is -1.14. The molecule has 0 fully saturated rings. The zero-order valence-electron chi connectivity index (χ0n) is 15.6. The molecule has 0 saturated carbocycles. The molecule has 0 amide bonds. The summed E-state index contributed by atoms with van der Waals surface area (Å²) in [4.78, 5) is 20.4. The minimum Gasteiger partial charge on any atom is -0.480 e. The van der Waals surface area contributed by atoms with Crippen LogP contribution in [0.4, 0.5) is 14.6 Å². The van der Waals surface area contributed by atoms with Crippen LogP contribution < -0.4 is 5.32 Å². The number of hydrogen-bond donors (Lipinski definition) is 2. The molecule has 1 atom stereocenters. The predicted molar refractivity (Wildman–Crippen MR) is 98.5 cm³/mol. The van der Waals surface area contributed by atoms with E-state index < -0.39 is 23.6 Å². The average Bonchev–Trinajstić information content (AvgIpc) is 2.95. The SMILES string of the molecule is Cc1cc(NC(Cc2ccc(F)c(F)c2)C(=O)O)nc(-n2nc(C)cc2C)n1. The van der Waals surface area contributed by atoms with Gasteiger partial charge in [-0.1, -0.05) is 6.07 Å². The third kappa shape index (κ3) is 4.30. The maximum Gasteiger partial charge on any atom is 0.326 e. The molecule has 0 aliphatic carbocycles. The van der Waals surface area contributed by atoms with Crippen LogP contribution in [0.2, 0.25) is 0 Å². The number of hydrogen-bond acceptors (Lipinski definition) is 5. The van der Waals surface area contributed by atoms with E-state index in [2.05, 4.69) is 20.4 Å². The second kappa shape index (κ2) is 7.71. The van der Waals surface area contributed by atoms with Gasteiger partial charge in [-0.05, 0) is 44.5 Å². The highest BCUT2D eigenvalue weighted by atomic mass is 19.2. The molecule has 1 aromatic carbocycles. The van der Waals surface area contributed by atoms with Gasteiger partial charge in [-0.2, -0.15) is 10.1 Å². The Morgan fingerprint density at radius 2 is 1.86 bits per heavy atom. The third-order valence-corrected chi connectivity index (χ3v) is 4.09. The maximum absolute atomic E-state index is 13.4. The number of carboxylic acids is 1. The number of aliphatic carboxylic acids is 1. The molecule has 2 N–H and O–H groups in total. The molecule has 0 bridgehead atoms. The molecule has 0 radical (unpaired) electrons. The molecule has 2 aromatic heterocycles. The zero-order valence-corrected chi connectivity index (χ0v) is 15.6. The first-order valence-corrected chi connectivity index (χ1v) is 8.55. The molecule has 2 heterocycles. The summed E-state index contributed by atoms with van der Waals surface area (Å²) in [7, 11) is 0. The standard InChI is InChI=1S/C19H19F2N5O2/c1-10-7-17(24-19(22-10)26-12(3)6-11(2)25-26)23-16(18(27)28)9-13-4-5-14(20)15(21)8-13/h4-8,16H,9H2,1-3H3,(H,27,28)(H,22,23,24). The molecule has 146 valence electrons. The smallest absolute Gasteiger partial charge is 0.326 e. The number of aryl methyl sites for hydroxylation is 3. The van der Waals surface area contributed by atoms with Crippen molar-refractivity contribution in [3.05, 3.63) is 64.6 Å². The summed E-state index contributed by atoms with van der Waals surface area (Å²) in [5.41, 5.74) is 2.62. The lowest BCUT2D eigenvalue weighted by atomic mass is 10.1. The van der Waals surface area contributed by atoms with Crippen molar-refractivity contribution in [2.75, 3.05) is 5.32 Å². The van der Waals surface area contributed by atoms with E-state index in [1.54, 1.807) is 17.7 Å². The van der Waals surface area contributed by atoms with Crippen LogP contribution in [0.5, 0.6) is 0 Å². The molecule has 1 unspecified atom stereocenters. The van der Waals surface area contributed by atoms with Crippen LogP contribution in [0.15, 0.2) is 30.3 Å². The number of carboxylic acid groups (broad SMARTS) is 1. The summed E-state index contributed by atoms with van der Waals surface area (Å²) >= 11 is 0. The van der Waals surface area contributed by atoms with E-state index in [0.29, 0.717) is 23.0 Å². The first-order chi connectivity index (χ1) is 13.2. The second-order valence-electron chi connectivity index (χ2n) is 6.52. The van der Waals surface area contributed by atoms with Crippen molar-refractivity contribution in [2.24, 2.45) is 0 Å². The van der Waals surface area contributed by atoms with E-state index in [4.69, 9.17) is 0 Å². The Balaban J connectivity index is 1.88. The van der Waals surface area contributed by atoms with Gasteiger partial charge in [0.2, 0.25) is 0 Å². The van der Waals surface area contributed by atoms with E-state index >= 15 is 0 Å². The fourth-order valence-corrected chi connectivity index (χ4v) is 2.83. The van der Waals surface area contributed by atoms with Crippen molar-refractivity contribution in [3.8, 4) is 5.95 Å². The average molecular weight is 387 g/mol. The Bertz CT molecular complexity index is 1040. The van der Waals surface area contributed by atoms with Crippen molar-refractivity contribution < 1.29 is 18.7 Å². The van der Waals surface area contributed by atoms with Crippen LogP contribution in [0, 0.1) is 32.4 Å². The normalized spacial score (nSPS) is 12.0. The number of nitrogens with zero attached hydrogens (tertiary/aromatic N) is 4. The number of nitrogens with one attached hydrogen (secondary N) is 1. The summed E-state index contributed by atoms with van der Waals surface area (Å²) in [6.07, 6.45) is -0.0508. The highest BCUT2D eigenvalue weighted by Crippen LogP contribution is 2.16. The highest BCUT2D eigenvalue weighted by Gasteiger charge is 2.20. The van der Waals surface area contributed by atoms with Crippen molar-refractivity contribution in [3.63, 3.8) is 0 Å². The minimum absolute atomic E-state index is 0.0508. The zero-order chi connectivity index (χ0) is 20.4. The third-order valence-electron chi connectivity index (χ3n) is 4.09. The Kier molecular flexibility index (Phi) is 5.34. The summed E-state index contributed by atoms with van der Waals surface area (Å²) in [6.45, 7) is 5.47. The van der Waals surface area contributed by atoms with E-state index in [1.807, 2.05) is 19.9 Å². The summed E-state index contributed by atoms with van der Waals surface area (Å²) in [6, 6.07) is 5.70. The lowest BCUT2D eigenvalue weighted by molar-refractivity contribution is -0.137. The van der Waals surface area contributed by atoms with Crippen molar-refractivity contribution in [1.82, 2.24) is 19.7 Å². The van der Waals surface area contributed by atoms with Gasteiger partial charge in [0.1, 0.15) is 11.9 Å². The van der Waals surface area contributed by atoms with Gasteiger partial charge < -0.3 is 10.4 Å². The molecular formula is C19H19F2N5O2. The van der Waals surface area contributed by atoms with Gasteiger partial charge in [-0.15, -0.1) is 0 Å². The van der Waals surface area contributed by atoms with Crippen molar-refractivity contribution in [2.45, 2.75) is 33.2 Å². The number of halogens is 2. The van der Waals surface area contributed by atoms with Crippen LogP contribution in [-0.4, -0.2) is 36.9 Å². The lowest BCUT2D eigenvalue weighted by Crippen LogP contribution is -2.32. The molecule has 9 heteroatoms. The molecular weight excluding hydrogens is 368 g/mol.